The second-order valence-corrected chi connectivity index (χ2v) is 6.82. The van der Waals surface area contributed by atoms with Crippen molar-refractivity contribution in [3.63, 3.8) is 0 Å². The third-order valence-corrected chi connectivity index (χ3v) is 4.42. The first-order chi connectivity index (χ1) is 13.0. The van der Waals surface area contributed by atoms with E-state index >= 15 is 0 Å². The molecule has 0 heterocycles. The van der Waals surface area contributed by atoms with Crippen LogP contribution in [0, 0.1) is 0 Å². The molecule has 6 nitrogen and oxygen atoms in total. The predicted molar refractivity (Wildman–Crippen MR) is 108 cm³/mol. The molecule has 27 heavy (non-hydrogen) atoms. The highest BCUT2D eigenvalue weighted by Crippen LogP contribution is 2.15. The molecule has 0 radical (unpaired) electrons. The van der Waals surface area contributed by atoms with Crippen molar-refractivity contribution < 1.29 is 19.1 Å². The summed E-state index contributed by atoms with van der Waals surface area (Å²) in [6.07, 6.45) is 0. The van der Waals surface area contributed by atoms with Gasteiger partial charge in [0.25, 0.3) is 0 Å². The van der Waals surface area contributed by atoms with Gasteiger partial charge in [0.1, 0.15) is 0 Å². The number of hydrogen-bond donors (Lipinski definition) is 2. The van der Waals surface area contributed by atoms with Gasteiger partial charge in [-0.1, -0.05) is 17.7 Å². The SMILES string of the molecule is CCOC(=O)c1ccc(NC(=O)CSCC(=O)Nc2cccc(Cl)c2)cc1. The fourth-order valence-electron chi connectivity index (χ4n) is 2.10. The van der Waals surface area contributed by atoms with E-state index in [0.29, 0.717) is 28.6 Å². The molecule has 0 saturated carbocycles. The zero-order valence-corrected chi connectivity index (χ0v) is 16.2. The highest BCUT2D eigenvalue weighted by molar-refractivity contribution is 8.00. The lowest BCUT2D eigenvalue weighted by Crippen LogP contribution is -2.18. The van der Waals surface area contributed by atoms with Gasteiger partial charge >= 0.3 is 5.97 Å². The maximum atomic E-state index is 11.9. The number of thioether (sulfide) groups is 1. The van der Waals surface area contributed by atoms with E-state index in [1.165, 1.54) is 11.8 Å². The zero-order valence-electron chi connectivity index (χ0n) is 14.7. The van der Waals surface area contributed by atoms with Crippen LogP contribution in [0.15, 0.2) is 48.5 Å². The Kier molecular flexibility index (Phi) is 8.16. The van der Waals surface area contributed by atoms with Crippen molar-refractivity contribution in [2.75, 3.05) is 28.7 Å². The number of halogens is 1. The predicted octanol–water partition coefficient (Wildman–Crippen LogP) is 3.83. The third-order valence-electron chi connectivity index (χ3n) is 3.25. The minimum atomic E-state index is -0.406. The van der Waals surface area contributed by atoms with Crippen molar-refractivity contribution in [2.45, 2.75) is 6.92 Å². The maximum absolute atomic E-state index is 11.9. The van der Waals surface area contributed by atoms with Crippen molar-refractivity contribution in [3.05, 3.63) is 59.1 Å². The third kappa shape index (κ3) is 7.32. The molecule has 0 aliphatic rings. The number of hydrogen-bond acceptors (Lipinski definition) is 5. The van der Waals surface area contributed by atoms with E-state index < -0.39 is 5.97 Å². The summed E-state index contributed by atoms with van der Waals surface area (Å²) < 4.78 is 4.90. The van der Waals surface area contributed by atoms with Crippen molar-refractivity contribution in [3.8, 4) is 0 Å². The van der Waals surface area contributed by atoms with Crippen LogP contribution in [-0.4, -0.2) is 35.9 Å². The van der Waals surface area contributed by atoms with Crippen molar-refractivity contribution in [1.82, 2.24) is 0 Å². The van der Waals surface area contributed by atoms with Crippen LogP contribution >= 0.6 is 23.4 Å². The normalized spacial score (nSPS) is 10.1. The van der Waals surface area contributed by atoms with Crippen LogP contribution < -0.4 is 10.6 Å². The number of benzene rings is 2. The molecule has 142 valence electrons. The van der Waals surface area contributed by atoms with Gasteiger partial charge in [0.05, 0.1) is 23.7 Å². The minimum Gasteiger partial charge on any atom is -0.462 e. The largest absolute Gasteiger partial charge is 0.462 e. The molecule has 2 N–H and O–H groups in total. The van der Waals surface area contributed by atoms with Gasteiger partial charge < -0.3 is 15.4 Å². The summed E-state index contributed by atoms with van der Waals surface area (Å²) in [4.78, 5) is 35.4. The number of anilines is 2. The van der Waals surface area contributed by atoms with E-state index in [4.69, 9.17) is 16.3 Å². The summed E-state index contributed by atoms with van der Waals surface area (Å²) in [6, 6.07) is 13.3. The van der Waals surface area contributed by atoms with Crippen LogP contribution in [-0.2, 0) is 14.3 Å². The molecule has 0 bridgehead atoms. The highest BCUT2D eigenvalue weighted by atomic mass is 35.5. The van der Waals surface area contributed by atoms with Crippen LogP contribution in [0.5, 0.6) is 0 Å². The van der Waals surface area contributed by atoms with Crippen molar-refractivity contribution in [2.24, 2.45) is 0 Å². The number of carbonyl (C=O) groups is 3. The maximum Gasteiger partial charge on any atom is 0.338 e. The number of esters is 1. The summed E-state index contributed by atoms with van der Waals surface area (Å²) in [5.41, 5.74) is 1.60. The number of nitrogens with one attached hydrogen (secondary N) is 2. The zero-order chi connectivity index (χ0) is 19.6. The lowest BCUT2D eigenvalue weighted by Gasteiger charge is -2.07. The van der Waals surface area contributed by atoms with E-state index in [2.05, 4.69) is 10.6 Å². The molecule has 2 rings (SSSR count). The highest BCUT2D eigenvalue weighted by Gasteiger charge is 2.09. The summed E-state index contributed by atoms with van der Waals surface area (Å²) in [5, 5.41) is 5.96. The molecular weight excluding hydrogens is 388 g/mol. The molecule has 0 spiro atoms. The number of carbonyl (C=O) groups excluding carboxylic acids is 3. The van der Waals surface area contributed by atoms with Crippen molar-refractivity contribution >= 4 is 52.5 Å². The molecule has 2 amide bonds. The Morgan fingerprint density at radius 2 is 1.59 bits per heavy atom. The number of amides is 2. The molecule has 0 saturated heterocycles. The Morgan fingerprint density at radius 1 is 0.963 bits per heavy atom. The Morgan fingerprint density at radius 3 is 2.19 bits per heavy atom. The lowest BCUT2D eigenvalue weighted by atomic mass is 10.2. The minimum absolute atomic E-state index is 0.128. The standard InChI is InChI=1S/C19H19ClN2O4S/c1-2-26-19(25)13-6-8-15(9-7-13)21-17(23)11-27-12-18(24)22-16-5-3-4-14(20)10-16/h3-10H,2,11-12H2,1H3,(H,21,23)(H,22,24). The first kappa shape index (κ1) is 20.8. The van der Waals surface area contributed by atoms with E-state index in [0.717, 1.165) is 0 Å². The fraction of sp³-hybridized carbons (Fsp3) is 0.211. The van der Waals surface area contributed by atoms with Crippen LogP contribution in [0.25, 0.3) is 0 Å². The van der Waals surface area contributed by atoms with Gasteiger partial charge in [-0.05, 0) is 49.4 Å². The molecule has 2 aromatic rings. The van der Waals surface area contributed by atoms with E-state index in [1.807, 2.05) is 0 Å². The average molecular weight is 407 g/mol. The molecule has 0 atom stereocenters. The first-order valence-corrected chi connectivity index (χ1v) is 9.71. The van der Waals surface area contributed by atoms with Crippen LogP contribution in [0.2, 0.25) is 5.02 Å². The second kappa shape index (κ2) is 10.6. The Balaban J connectivity index is 1.72. The summed E-state index contributed by atoms with van der Waals surface area (Å²) in [6.45, 7) is 2.04. The monoisotopic (exact) mass is 406 g/mol. The summed E-state index contributed by atoms with van der Waals surface area (Å²) in [7, 11) is 0. The van der Waals surface area contributed by atoms with Crippen molar-refractivity contribution in [1.29, 1.82) is 0 Å². The molecule has 0 aliphatic carbocycles. The van der Waals surface area contributed by atoms with Gasteiger partial charge in [0, 0.05) is 16.4 Å². The summed E-state index contributed by atoms with van der Waals surface area (Å²) >= 11 is 7.05. The average Bonchev–Trinajstić information content (AvgIpc) is 2.62. The summed E-state index contributed by atoms with van der Waals surface area (Å²) in [5.74, 6) is -0.588. The fourth-order valence-corrected chi connectivity index (χ4v) is 2.91. The quantitative estimate of drug-likeness (QED) is 0.651. The molecule has 8 heteroatoms. The van der Waals surface area contributed by atoms with Gasteiger partial charge in [-0.25, -0.2) is 4.79 Å². The number of ether oxygens (including phenoxy) is 1. The lowest BCUT2D eigenvalue weighted by molar-refractivity contribution is -0.114. The number of rotatable bonds is 8. The van der Waals surface area contributed by atoms with Gasteiger partial charge in [-0.15, -0.1) is 11.8 Å². The Labute approximate surface area is 166 Å². The van der Waals surface area contributed by atoms with Gasteiger partial charge in [-0.2, -0.15) is 0 Å². The van der Waals surface area contributed by atoms with Crippen LogP contribution in [0.1, 0.15) is 17.3 Å². The van der Waals surface area contributed by atoms with Crippen LogP contribution in [0.3, 0.4) is 0 Å². The van der Waals surface area contributed by atoms with Gasteiger partial charge in [0.2, 0.25) is 11.8 Å². The molecule has 0 aromatic heterocycles. The second-order valence-electron chi connectivity index (χ2n) is 5.40. The van der Waals surface area contributed by atoms with E-state index in [9.17, 15) is 14.4 Å². The smallest absolute Gasteiger partial charge is 0.338 e. The Hall–Kier alpha value is -2.51. The molecule has 0 aliphatic heterocycles. The molecule has 0 unspecified atom stereocenters. The topological polar surface area (TPSA) is 84.5 Å². The Bertz CT molecular complexity index is 812. The first-order valence-electron chi connectivity index (χ1n) is 8.18. The van der Waals surface area contributed by atoms with Crippen LogP contribution in [0.4, 0.5) is 11.4 Å². The molecule has 0 fully saturated rings. The van der Waals surface area contributed by atoms with E-state index in [-0.39, 0.29) is 23.3 Å². The van der Waals surface area contributed by atoms with E-state index in [1.54, 1.807) is 55.5 Å². The van der Waals surface area contributed by atoms with Gasteiger partial charge in [0.15, 0.2) is 0 Å². The molecular formula is C19H19ClN2O4S. The molecule has 2 aromatic carbocycles. The van der Waals surface area contributed by atoms with Gasteiger partial charge in [-0.3, -0.25) is 9.59 Å².